The van der Waals surface area contributed by atoms with Gasteiger partial charge >= 0.3 is 0 Å². The van der Waals surface area contributed by atoms with E-state index < -0.39 is 9.84 Å². The standard InChI is InChI=1S/C28H29N3O3S/c1-3-30(27(32)26-17-11-10-12-22(26)2)20-25-18-29-28(31(25)19-23-13-6-4-7-14-23)35(33,34)21-24-15-8-5-9-16-24/h4-18H,3,19-21H2,1-2H3. The van der Waals surface area contributed by atoms with Gasteiger partial charge in [0.15, 0.2) is 0 Å². The Hall–Kier alpha value is -3.71. The molecule has 0 fully saturated rings. The zero-order chi connectivity index (χ0) is 24.8. The van der Waals surface area contributed by atoms with Gasteiger partial charge in [-0.1, -0.05) is 78.9 Å². The molecule has 6 nitrogen and oxygen atoms in total. The van der Waals surface area contributed by atoms with Crippen LogP contribution in [0.1, 0.15) is 39.7 Å². The van der Waals surface area contributed by atoms with Crippen molar-refractivity contribution in [3.05, 3.63) is 119 Å². The highest BCUT2D eigenvalue weighted by molar-refractivity contribution is 7.90. The fraction of sp³-hybridized carbons (Fsp3) is 0.214. The molecule has 1 heterocycles. The lowest BCUT2D eigenvalue weighted by atomic mass is 10.1. The number of hydrogen-bond acceptors (Lipinski definition) is 4. The summed E-state index contributed by atoms with van der Waals surface area (Å²) in [5.74, 6) is -0.231. The molecule has 3 aromatic carbocycles. The van der Waals surface area contributed by atoms with Crippen LogP contribution in [-0.2, 0) is 28.7 Å². The molecule has 4 rings (SSSR count). The van der Waals surface area contributed by atoms with E-state index in [4.69, 9.17) is 0 Å². The lowest BCUT2D eigenvalue weighted by molar-refractivity contribution is 0.0748. The smallest absolute Gasteiger partial charge is 0.254 e. The molecule has 35 heavy (non-hydrogen) atoms. The maximum Gasteiger partial charge on any atom is 0.254 e. The minimum atomic E-state index is -3.72. The second-order valence-corrected chi connectivity index (χ2v) is 10.4. The van der Waals surface area contributed by atoms with Crippen molar-refractivity contribution in [2.24, 2.45) is 0 Å². The van der Waals surface area contributed by atoms with Gasteiger partial charge in [0.25, 0.3) is 5.91 Å². The summed E-state index contributed by atoms with van der Waals surface area (Å²) in [5.41, 5.74) is 3.87. The molecule has 0 spiro atoms. The van der Waals surface area contributed by atoms with E-state index in [9.17, 15) is 13.2 Å². The predicted molar refractivity (Wildman–Crippen MR) is 137 cm³/mol. The molecule has 1 amide bonds. The number of hydrogen-bond donors (Lipinski definition) is 0. The molecular formula is C28H29N3O3S. The number of aryl methyl sites for hydroxylation is 1. The number of sulfone groups is 1. The fourth-order valence-electron chi connectivity index (χ4n) is 4.07. The topological polar surface area (TPSA) is 72.3 Å². The van der Waals surface area contributed by atoms with Crippen LogP contribution in [0, 0.1) is 6.92 Å². The van der Waals surface area contributed by atoms with E-state index in [-0.39, 0.29) is 23.4 Å². The number of nitrogens with zero attached hydrogens (tertiary/aromatic N) is 3. The Labute approximate surface area is 206 Å². The molecule has 0 saturated carbocycles. The van der Waals surface area contributed by atoms with Gasteiger partial charge in [-0.25, -0.2) is 13.4 Å². The quantitative estimate of drug-likeness (QED) is 0.337. The van der Waals surface area contributed by atoms with Gasteiger partial charge in [-0.15, -0.1) is 0 Å². The van der Waals surface area contributed by atoms with Crippen molar-refractivity contribution in [1.82, 2.24) is 14.5 Å². The Morgan fingerprint density at radius 1 is 0.886 bits per heavy atom. The SMILES string of the molecule is CCN(Cc1cnc(S(=O)(=O)Cc2ccccc2)n1Cc1ccccc1)C(=O)c1ccccc1C. The van der Waals surface area contributed by atoms with E-state index >= 15 is 0 Å². The van der Waals surface area contributed by atoms with E-state index in [0.29, 0.717) is 29.9 Å². The number of carbonyl (C=O) groups excluding carboxylic acids is 1. The molecule has 0 aliphatic carbocycles. The molecule has 0 saturated heterocycles. The Morgan fingerprint density at radius 3 is 2.11 bits per heavy atom. The van der Waals surface area contributed by atoms with Gasteiger partial charge in [-0.05, 0) is 36.6 Å². The van der Waals surface area contributed by atoms with E-state index in [1.54, 1.807) is 27.8 Å². The summed E-state index contributed by atoms with van der Waals surface area (Å²) in [4.78, 5) is 19.4. The first kappa shape index (κ1) is 24.4. The van der Waals surface area contributed by atoms with Crippen LogP contribution in [0.25, 0.3) is 0 Å². The van der Waals surface area contributed by atoms with Crippen LogP contribution in [0.15, 0.2) is 96.3 Å². The Bertz CT molecular complexity index is 1400. The van der Waals surface area contributed by atoms with Crippen molar-refractivity contribution in [2.75, 3.05) is 6.54 Å². The van der Waals surface area contributed by atoms with Crippen molar-refractivity contribution in [1.29, 1.82) is 0 Å². The Kier molecular flexibility index (Phi) is 7.46. The third-order valence-corrected chi connectivity index (χ3v) is 7.56. The van der Waals surface area contributed by atoms with Gasteiger partial charge in [0.2, 0.25) is 15.0 Å². The summed E-state index contributed by atoms with van der Waals surface area (Å²) in [6.07, 6.45) is 1.58. The molecular weight excluding hydrogens is 458 g/mol. The van der Waals surface area contributed by atoms with Crippen molar-refractivity contribution < 1.29 is 13.2 Å². The summed E-state index contributed by atoms with van der Waals surface area (Å²) in [6.45, 7) is 4.91. The Balaban J connectivity index is 1.70. The molecule has 4 aromatic rings. The number of aromatic nitrogens is 2. The molecule has 0 aliphatic heterocycles. The van der Waals surface area contributed by atoms with Crippen molar-refractivity contribution in [3.63, 3.8) is 0 Å². The summed E-state index contributed by atoms with van der Waals surface area (Å²) < 4.78 is 28.6. The fourth-order valence-corrected chi connectivity index (χ4v) is 5.56. The van der Waals surface area contributed by atoms with Gasteiger partial charge in [0.05, 0.1) is 30.7 Å². The molecule has 0 N–H and O–H groups in total. The lowest BCUT2D eigenvalue weighted by Crippen LogP contribution is -2.32. The lowest BCUT2D eigenvalue weighted by Gasteiger charge is -2.23. The largest absolute Gasteiger partial charge is 0.333 e. The van der Waals surface area contributed by atoms with Crippen LogP contribution >= 0.6 is 0 Å². The van der Waals surface area contributed by atoms with Crippen LogP contribution in [0.4, 0.5) is 0 Å². The van der Waals surface area contributed by atoms with Gasteiger partial charge in [0.1, 0.15) is 0 Å². The summed E-state index contributed by atoms with van der Waals surface area (Å²) in [6, 6.07) is 26.2. The first-order valence-electron chi connectivity index (χ1n) is 11.6. The second kappa shape index (κ2) is 10.7. The van der Waals surface area contributed by atoms with Crippen molar-refractivity contribution >= 4 is 15.7 Å². The predicted octanol–water partition coefficient (Wildman–Crippen LogP) is 4.88. The molecule has 0 bridgehead atoms. The number of benzene rings is 3. The third-order valence-electron chi connectivity index (χ3n) is 5.96. The molecule has 0 radical (unpaired) electrons. The minimum Gasteiger partial charge on any atom is -0.333 e. The maximum absolute atomic E-state index is 13.4. The van der Waals surface area contributed by atoms with Crippen molar-refractivity contribution in [3.8, 4) is 0 Å². The van der Waals surface area contributed by atoms with Crippen LogP contribution in [0.5, 0.6) is 0 Å². The van der Waals surface area contributed by atoms with E-state index in [1.807, 2.05) is 86.6 Å². The summed E-state index contributed by atoms with van der Waals surface area (Å²) >= 11 is 0. The van der Waals surface area contributed by atoms with Gasteiger partial charge in [-0.2, -0.15) is 0 Å². The highest BCUT2D eigenvalue weighted by Gasteiger charge is 2.26. The molecule has 0 aliphatic rings. The summed E-state index contributed by atoms with van der Waals surface area (Å²) in [7, 11) is -3.72. The van der Waals surface area contributed by atoms with Crippen LogP contribution in [0.2, 0.25) is 0 Å². The zero-order valence-electron chi connectivity index (χ0n) is 20.0. The Morgan fingerprint density at radius 2 is 1.49 bits per heavy atom. The van der Waals surface area contributed by atoms with E-state index in [0.717, 1.165) is 11.1 Å². The number of carbonyl (C=O) groups is 1. The molecule has 0 unspecified atom stereocenters. The van der Waals surface area contributed by atoms with Crippen LogP contribution < -0.4 is 0 Å². The first-order valence-corrected chi connectivity index (χ1v) is 13.2. The summed E-state index contributed by atoms with van der Waals surface area (Å²) in [5, 5.41) is 0.0135. The zero-order valence-corrected chi connectivity index (χ0v) is 20.8. The minimum absolute atomic E-state index is 0.0135. The highest BCUT2D eigenvalue weighted by Crippen LogP contribution is 2.21. The van der Waals surface area contributed by atoms with Gasteiger partial charge in [0, 0.05) is 12.1 Å². The van der Waals surface area contributed by atoms with Crippen molar-refractivity contribution in [2.45, 2.75) is 37.8 Å². The average molecular weight is 488 g/mol. The molecule has 1 aromatic heterocycles. The highest BCUT2D eigenvalue weighted by atomic mass is 32.2. The maximum atomic E-state index is 13.4. The van der Waals surface area contributed by atoms with Crippen LogP contribution in [-0.4, -0.2) is 35.3 Å². The van der Waals surface area contributed by atoms with Gasteiger partial charge < -0.3 is 9.47 Å². The van der Waals surface area contributed by atoms with E-state index in [1.165, 1.54) is 0 Å². The normalized spacial score (nSPS) is 11.4. The number of rotatable bonds is 9. The second-order valence-electron chi connectivity index (χ2n) is 8.48. The molecule has 7 heteroatoms. The van der Waals surface area contributed by atoms with Gasteiger partial charge in [-0.3, -0.25) is 4.79 Å². The van der Waals surface area contributed by atoms with E-state index in [2.05, 4.69) is 4.98 Å². The third kappa shape index (κ3) is 5.69. The number of amides is 1. The number of imidazole rings is 1. The molecule has 180 valence electrons. The molecule has 0 atom stereocenters. The monoisotopic (exact) mass is 487 g/mol. The first-order chi connectivity index (χ1) is 16.9. The average Bonchev–Trinajstić information content (AvgIpc) is 3.26. The van der Waals surface area contributed by atoms with Crippen LogP contribution in [0.3, 0.4) is 0 Å².